The van der Waals surface area contributed by atoms with Crippen molar-refractivity contribution in [1.29, 1.82) is 5.41 Å². The topological polar surface area (TPSA) is 88.0 Å². The van der Waals surface area contributed by atoms with E-state index in [4.69, 9.17) is 15.1 Å². The van der Waals surface area contributed by atoms with Crippen molar-refractivity contribution in [3.63, 3.8) is 0 Å². The summed E-state index contributed by atoms with van der Waals surface area (Å²) in [5, 5.41) is 11.9. The molecular weight excluding hydrogens is 408 g/mol. The van der Waals surface area contributed by atoms with E-state index in [1.165, 1.54) is 7.11 Å². The van der Waals surface area contributed by atoms with Crippen molar-refractivity contribution in [2.75, 3.05) is 7.11 Å². The number of ether oxygens (including phenoxy) is 1. The maximum Gasteiger partial charge on any atom is 0.308 e. The molecule has 4 rings (SSSR count). The van der Waals surface area contributed by atoms with Crippen LogP contribution in [-0.4, -0.2) is 34.8 Å². The molecule has 27 heavy (non-hydrogen) atoms. The number of nitrogens with one attached hydrogen (secondary N) is 2. The van der Waals surface area contributed by atoms with Gasteiger partial charge in [-0.15, -0.1) is 0 Å². The number of halogens is 1. The summed E-state index contributed by atoms with van der Waals surface area (Å²) >= 11 is 3.47. The summed E-state index contributed by atoms with van der Waals surface area (Å²) in [6.45, 7) is 0. The summed E-state index contributed by atoms with van der Waals surface area (Å²) in [4.78, 5) is 20.8. The number of rotatable bonds is 6. The van der Waals surface area contributed by atoms with Gasteiger partial charge in [-0.2, -0.15) is 0 Å². The quantitative estimate of drug-likeness (QED) is 0.540. The number of benzene rings is 1. The molecule has 0 unspecified atom stereocenters. The number of carbonyl (C=O) groups is 1. The Labute approximate surface area is 166 Å². The molecule has 0 saturated heterocycles. The second-order valence-corrected chi connectivity index (χ2v) is 8.10. The minimum Gasteiger partial charge on any atom is -0.469 e. The molecule has 2 fully saturated rings. The van der Waals surface area contributed by atoms with Gasteiger partial charge in [-0.1, -0.05) is 15.9 Å². The SMILES string of the molecule is COC(=O)C1CC(N/C=C(\C(=N)C2CC2)c2cnc3ccc(Br)cc3n2)C1. The van der Waals surface area contributed by atoms with E-state index in [2.05, 4.69) is 26.2 Å². The Hall–Kier alpha value is -2.28. The lowest BCUT2D eigenvalue weighted by molar-refractivity contribution is -0.149. The number of carbonyl (C=O) groups excluding carboxylic acids is 1. The molecule has 0 aliphatic heterocycles. The highest BCUT2D eigenvalue weighted by Crippen LogP contribution is 2.35. The zero-order chi connectivity index (χ0) is 19.0. The third-order valence-electron chi connectivity index (χ3n) is 5.19. The molecule has 7 heteroatoms. The molecule has 2 aliphatic carbocycles. The Morgan fingerprint density at radius 2 is 2.07 bits per heavy atom. The van der Waals surface area contributed by atoms with Gasteiger partial charge in [0, 0.05) is 33.9 Å². The number of esters is 1. The molecule has 2 saturated carbocycles. The van der Waals surface area contributed by atoms with Crippen molar-refractivity contribution >= 4 is 44.2 Å². The summed E-state index contributed by atoms with van der Waals surface area (Å²) in [6, 6.07) is 6.02. The van der Waals surface area contributed by atoms with Crippen LogP contribution in [0, 0.1) is 17.2 Å². The summed E-state index contributed by atoms with van der Waals surface area (Å²) in [5.74, 6) is 0.140. The molecule has 2 aliphatic rings. The van der Waals surface area contributed by atoms with Crippen molar-refractivity contribution in [2.45, 2.75) is 31.7 Å². The molecule has 140 valence electrons. The number of allylic oxidation sites excluding steroid dienone is 1. The van der Waals surface area contributed by atoms with E-state index in [1.54, 1.807) is 6.20 Å². The number of hydrogen-bond acceptors (Lipinski definition) is 6. The molecular formula is C20H21BrN4O2. The number of aromatic nitrogens is 2. The van der Waals surface area contributed by atoms with Crippen LogP contribution in [0.15, 0.2) is 35.1 Å². The molecule has 0 spiro atoms. The first-order valence-electron chi connectivity index (χ1n) is 9.10. The molecule has 1 aromatic carbocycles. The van der Waals surface area contributed by atoms with Crippen LogP contribution < -0.4 is 5.32 Å². The van der Waals surface area contributed by atoms with E-state index in [0.717, 1.165) is 46.8 Å². The normalized spacial score (nSPS) is 22.2. The van der Waals surface area contributed by atoms with E-state index >= 15 is 0 Å². The van der Waals surface area contributed by atoms with Crippen molar-refractivity contribution in [2.24, 2.45) is 11.8 Å². The Morgan fingerprint density at radius 1 is 1.30 bits per heavy atom. The third-order valence-corrected chi connectivity index (χ3v) is 5.69. The maximum absolute atomic E-state index is 11.5. The number of nitrogens with zero attached hydrogens (tertiary/aromatic N) is 2. The van der Waals surface area contributed by atoms with Gasteiger partial charge in [0.1, 0.15) is 0 Å². The molecule has 0 atom stereocenters. The van der Waals surface area contributed by atoms with Gasteiger partial charge in [0.2, 0.25) is 0 Å². The van der Waals surface area contributed by atoms with Gasteiger partial charge < -0.3 is 15.5 Å². The number of methoxy groups -OCH3 is 1. The highest BCUT2D eigenvalue weighted by Gasteiger charge is 2.35. The standard InChI is InChI=1S/C20H21BrN4O2/c1-27-20(26)12-6-14(7-12)23-9-15(19(22)11-2-3-11)18-10-24-16-5-4-13(21)8-17(16)25-18/h4-5,8-12,14,22-23H,2-3,6-7H2,1H3/b15-9-,22-19?. The monoisotopic (exact) mass is 428 g/mol. The molecule has 1 heterocycles. The fourth-order valence-electron chi connectivity index (χ4n) is 3.31. The van der Waals surface area contributed by atoms with Gasteiger partial charge in [-0.05, 0) is 43.9 Å². The lowest BCUT2D eigenvalue weighted by Crippen LogP contribution is -2.42. The summed E-state index contributed by atoms with van der Waals surface area (Å²) in [7, 11) is 1.43. The van der Waals surface area contributed by atoms with Crippen molar-refractivity contribution < 1.29 is 9.53 Å². The predicted molar refractivity (Wildman–Crippen MR) is 107 cm³/mol. The lowest BCUT2D eigenvalue weighted by Gasteiger charge is -2.33. The van der Waals surface area contributed by atoms with Crippen molar-refractivity contribution in [3.8, 4) is 0 Å². The lowest BCUT2D eigenvalue weighted by atomic mass is 9.80. The first-order valence-corrected chi connectivity index (χ1v) is 9.90. The average molecular weight is 429 g/mol. The Morgan fingerprint density at radius 3 is 2.78 bits per heavy atom. The first kappa shape index (κ1) is 18.1. The van der Waals surface area contributed by atoms with Gasteiger partial charge in [-0.25, -0.2) is 4.98 Å². The number of hydrogen-bond donors (Lipinski definition) is 2. The zero-order valence-corrected chi connectivity index (χ0v) is 16.6. The Balaban J connectivity index is 1.56. The molecule has 0 amide bonds. The minimum atomic E-state index is -0.144. The van der Waals surface area contributed by atoms with Crippen LogP contribution in [0.25, 0.3) is 16.6 Å². The summed E-state index contributed by atoms with van der Waals surface area (Å²) in [5.41, 5.74) is 3.72. The van der Waals surface area contributed by atoms with Crippen LogP contribution >= 0.6 is 15.9 Å². The zero-order valence-electron chi connectivity index (χ0n) is 15.0. The highest BCUT2D eigenvalue weighted by atomic mass is 79.9. The van der Waals surface area contributed by atoms with Crippen LogP contribution in [0.2, 0.25) is 0 Å². The molecule has 0 bridgehead atoms. The van der Waals surface area contributed by atoms with Gasteiger partial charge in [-0.3, -0.25) is 9.78 Å². The second-order valence-electron chi connectivity index (χ2n) is 7.19. The van der Waals surface area contributed by atoms with E-state index < -0.39 is 0 Å². The molecule has 0 radical (unpaired) electrons. The van der Waals surface area contributed by atoms with Crippen molar-refractivity contribution in [1.82, 2.24) is 15.3 Å². The van der Waals surface area contributed by atoms with E-state index in [1.807, 2.05) is 24.4 Å². The van der Waals surface area contributed by atoms with Gasteiger partial charge in [0.05, 0.1) is 36.0 Å². The van der Waals surface area contributed by atoms with Crippen LogP contribution in [0.4, 0.5) is 0 Å². The Kier molecular flexibility index (Phi) is 4.95. The average Bonchev–Trinajstić information content (AvgIpc) is 3.47. The third kappa shape index (κ3) is 3.88. The largest absolute Gasteiger partial charge is 0.469 e. The van der Waals surface area contributed by atoms with Crippen LogP contribution in [-0.2, 0) is 9.53 Å². The second kappa shape index (κ2) is 7.38. The molecule has 6 nitrogen and oxygen atoms in total. The molecule has 2 aromatic rings. The minimum absolute atomic E-state index is 0.0231. The van der Waals surface area contributed by atoms with Gasteiger partial charge in [0.25, 0.3) is 0 Å². The maximum atomic E-state index is 11.5. The highest BCUT2D eigenvalue weighted by molar-refractivity contribution is 9.10. The van der Waals surface area contributed by atoms with E-state index in [9.17, 15) is 4.79 Å². The summed E-state index contributed by atoms with van der Waals surface area (Å²) in [6.07, 6.45) is 7.23. The van der Waals surface area contributed by atoms with Gasteiger partial charge >= 0.3 is 5.97 Å². The first-order chi connectivity index (χ1) is 13.0. The van der Waals surface area contributed by atoms with Crippen molar-refractivity contribution in [3.05, 3.63) is 40.8 Å². The van der Waals surface area contributed by atoms with Crippen LogP contribution in [0.1, 0.15) is 31.4 Å². The molecule has 2 N–H and O–H groups in total. The smallest absolute Gasteiger partial charge is 0.308 e. The summed E-state index contributed by atoms with van der Waals surface area (Å²) < 4.78 is 5.74. The van der Waals surface area contributed by atoms with E-state index in [0.29, 0.717) is 17.3 Å². The van der Waals surface area contributed by atoms with E-state index in [-0.39, 0.29) is 17.9 Å². The number of fused-ring (bicyclic) bond motifs is 1. The molecule has 1 aromatic heterocycles. The fourth-order valence-corrected chi connectivity index (χ4v) is 3.66. The van der Waals surface area contributed by atoms with Crippen LogP contribution in [0.5, 0.6) is 0 Å². The fraction of sp³-hybridized carbons (Fsp3) is 0.400. The van der Waals surface area contributed by atoms with Crippen LogP contribution in [0.3, 0.4) is 0 Å². The van der Waals surface area contributed by atoms with Gasteiger partial charge in [0.15, 0.2) is 0 Å². The predicted octanol–water partition coefficient (Wildman–Crippen LogP) is 3.70. The Bertz CT molecular complexity index is 933.